The van der Waals surface area contributed by atoms with Crippen molar-refractivity contribution in [3.05, 3.63) is 47.6 Å². The molecule has 0 saturated heterocycles. The van der Waals surface area contributed by atoms with Crippen LogP contribution >= 0.6 is 0 Å². The van der Waals surface area contributed by atoms with E-state index in [1.807, 2.05) is 6.92 Å². The minimum absolute atomic E-state index is 0.209. The van der Waals surface area contributed by atoms with Crippen molar-refractivity contribution in [3.63, 3.8) is 0 Å². The van der Waals surface area contributed by atoms with Crippen LogP contribution < -0.4 is 0 Å². The van der Waals surface area contributed by atoms with Crippen LogP contribution in [0.5, 0.6) is 0 Å². The molecule has 0 aromatic rings. The Morgan fingerprint density at radius 1 is 1.31 bits per heavy atom. The number of rotatable bonds is 4. The van der Waals surface area contributed by atoms with Crippen LogP contribution in [0, 0.1) is 11.3 Å². The largest absolute Gasteiger partial charge is 0.393 e. The van der Waals surface area contributed by atoms with Crippen LogP contribution in [-0.4, -0.2) is 35.1 Å². The zero-order chi connectivity index (χ0) is 18.9. The summed E-state index contributed by atoms with van der Waals surface area (Å²) in [5, 5.41) is 20.0. The normalized spacial score (nSPS) is 40.8. The summed E-state index contributed by atoms with van der Waals surface area (Å²) in [4.78, 5) is 0. The molecule has 3 aliphatic carbocycles. The molecule has 26 heavy (non-hydrogen) atoms. The Morgan fingerprint density at radius 3 is 2.81 bits per heavy atom. The summed E-state index contributed by atoms with van der Waals surface area (Å²) in [5.74, 6) is 0.565. The molecule has 3 fully saturated rings. The van der Waals surface area contributed by atoms with E-state index in [-0.39, 0.29) is 5.41 Å². The molecule has 0 aromatic heterocycles. The lowest BCUT2D eigenvalue weighted by atomic mass is 9.66. The van der Waals surface area contributed by atoms with Gasteiger partial charge in [-0.1, -0.05) is 43.4 Å². The van der Waals surface area contributed by atoms with Gasteiger partial charge in [-0.25, -0.2) is 0 Å². The topological polar surface area (TPSA) is 49.7 Å². The second-order valence-corrected chi connectivity index (χ2v) is 8.81. The standard InChI is InChI=1S/C23H34O3/c1-15(2)14-26-22-10-9-20-17(6-5-11-23(20,22)4)7-8-18-12-19(24)13-21(25)16(18)3/h7-8,19-22,24-25H,1,3,5-6,9-14H2,2,4H3/b17-7+,18-8-/t19-,20+,21+,22?,23+/m1/s1. The van der Waals surface area contributed by atoms with Gasteiger partial charge in [0.05, 0.1) is 24.9 Å². The van der Waals surface area contributed by atoms with Crippen molar-refractivity contribution >= 4 is 0 Å². The number of allylic oxidation sites excluding steroid dienone is 3. The van der Waals surface area contributed by atoms with Crippen LogP contribution in [0.2, 0.25) is 0 Å². The molecular formula is C23H34O3. The molecule has 0 aromatic carbocycles. The van der Waals surface area contributed by atoms with E-state index in [0.717, 1.165) is 29.6 Å². The van der Waals surface area contributed by atoms with Crippen molar-refractivity contribution in [1.29, 1.82) is 0 Å². The summed E-state index contributed by atoms with van der Waals surface area (Å²) < 4.78 is 6.20. The van der Waals surface area contributed by atoms with E-state index in [9.17, 15) is 10.2 Å². The maximum atomic E-state index is 10.0. The van der Waals surface area contributed by atoms with E-state index in [1.165, 1.54) is 24.8 Å². The lowest BCUT2D eigenvalue weighted by molar-refractivity contribution is -0.0244. The van der Waals surface area contributed by atoms with Crippen molar-refractivity contribution < 1.29 is 14.9 Å². The molecule has 3 nitrogen and oxygen atoms in total. The fourth-order valence-electron chi connectivity index (χ4n) is 5.17. The summed E-state index contributed by atoms with van der Waals surface area (Å²) in [6, 6.07) is 0. The predicted octanol–water partition coefficient (Wildman–Crippen LogP) is 4.47. The molecule has 0 heterocycles. The van der Waals surface area contributed by atoms with E-state index < -0.39 is 12.2 Å². The van der Waals surface area contributed by atoms with Gasteiger partial charge in [0.1, 0.15) is 0 Å². The lowest BCUT2D eigenvalue weighted by Gasteiger charge is -2.42. The van der Waals surface area contributed by atoms with Gasteiger partial charge >= 0.3 is 0 Å². The number of hydrogen-bond donors (Lipinski definition) is 2. The summed E-state index contributed by atoms with van der Waals surface area (Å²) in [7, 11) is 0. The van der Waals surface area contributed by atoms with Crippen LogP contribution in [0.1, 0.15) is 58.8 Å². The molecule has 0 radical (unpaired) electrons. The first-order valence-corrected chi connectivity index (χ1v) is 10.0. The zero-order valence-corrected chi connectivity index (χ0v) is 16.3. The molecule has 0 spiro atoms. The summed E-state index contributed by atoms with van der Waals surface area (Å²) in [6.07, 6.45) is 10.4. The number of aliphatic hydroxyl groups excluding tert-OH is 2. The van der Waals surface area contributed by atoms with Crippen LogP contribution in [0.25, 0.3) is 0 Å². The molecule has 3 saturated carbocycles. The van der Waals surface area contributed by atoms with Crippen molar-refractivity contribution in [2.75, 3.05) is 6.61 Å². The Labute approximate surface area is 158 Å². The molecule has 0 aliphatic heterocycles. The van der Waals surface area contributed by atoms with Crippen molar-refractivity contribution in [1.82, 2.24) is 0 Å². The maximum Gasteiger partial charge on any atom is 0.0811 e. The van der Waals surface area contributed by atoms with Crippen molar-refractivity contribution in [2.24, 2.45) is 11.3 Å². The Balaban J connectivity index is 1.77. The average Bonchev–Trinajstić information content (AvgIpc) is 2.91. The van der Waals surface area contributed by atoms with Gasteiger partial charge in [-0.15, -0.1) is 0 Å². The number of hydrogen-bond acceptors (Lipinski definition) is 3. The molecule has 3 heteroatoms. The van der Waals surface area contributed by atoms with Crippen molar-refractivity contribution in [2.45, 2.75) is 77.1 Å². The fraction of sp³-hybridized carbons (Fsp3) is 0.652. The first-order valence-electron chi connectivity index (χ1n) is 10.0. The van der Waals surface area contributed by atoms with E-state index in [0.29, 0.717) is 31.5 Å². The van der Waals surface area contributed by atoms with Gasteiger partial charge in [0.15, 0.2) is 0 Å². The maximum absolute atomic E-state index is 10.0. The highest BCUT2D eigenvalue weighted by Crippen LogP contribution is 2.55. The van der Waals surface area contributed by atoms with Gasteiger partial charge in [0.25, 0.3) is 0 Å². The molecule has 0 bridgehead atoms. The quantitative estimate of drug-likeness (QED) is 0.729. The first kappa shape index (κ1) is 19.6. The minimum Gasteiger partial charge on any atom is -0.393 e. The van der Waals surface area contributed by atoms with Crippen LogP contribution in [0.4, 0.5) is 0 Å². The highest BCUT2D eigenvalue weighted by atomic mass is 16.5. The number of ether oxygens (including phenoxy) is 1. The monoisotopic (exact) mass is 358 g/mol. The van der Waals surface area contributed by atoms with Gasteiger partial charge in [0.2, 0.25) is 0 Å². The van der Waals surface area contributed by atoms with Crippen LogP contribution in [0.3, 0.4) is 0 Å². The molecule has 1 unspecified atom stereocenters. The molecule has 2 N–H and O–H groups in total. The van der Waals surface area contributed by atoms with Crippen molar-refractivity contribution in [3.8, 4) is 0 Å². The second-order valence-electron chi connectivity index (χ2n) is 8.81. The summed E-state index contributed by atoms with van der Waals surface area (Å²) >= 11 is 0. The third-order valence-corrected chi connectivity index (χ3v) is 6.67. The zero-order valence-electron chi connectivity index (χ0n) is 16.3. The first-order chi connectivity index (χ1) is 12.3. The third kappa shape index (κ3) is 3.90. The van der Waals surface area contributed by atoms with E-state index in [2.05, 4.69) is 32.2 Å². The van der Waals surface area contributed by atoms with Gasteiger partial charge in [-0.3, -0.25) is 0 Å². The Hall–Kier alpha value is -1.16. The smallest absolute Gasteiger partial charge is 0.0811 e. The minimum atomic E-state index is -0.619. The fourth-order valence-corrected chi connectivity index (χ4v) is 5.17. The molecule has 0 amide bonds. The molecule has 3 aliphatic rings. The highest BCUT2D eigenvalue weighted by Gasteiger charge is 2.49. The highest BCUT2D eigenvalue weighted by molar-refractivity contribution is 5.38. The number of aliphatic hydroxyl groups is 2. The molecule has 144 valence electrons. The lowest BCUT2D eigenvalue weighted by Crippen LogP contribution is -2.38. The summed E-state index contributed by atoms with van der Waals surface area (Å²) in [5.41, 5.74) is 4.54. The second kappa shape index (κ2) is 7.84. The average molecular weight is 359 g/mol. The van der Waals surface area contributed by atoms with Gasteiger partial charge in [-0.2, -0.15) is 0 Å². The molecule has 5 atom stereocenters. The summed E-state index contributed by atoms with van der Waals surface area (Å²) in [6.45, 7) is 13.1. The molecule has 3 rings (SSSR count). The Morgan fingerprint density at radius 2 is 2.08 bits per heavy atom. The Bertz CT molecular complexity index is 629. The SMILES string of the molecule is C=C(C)COC1CC[C@H]2/C(=C/C=C3/C[C@@H](O)C[C@H](O)C3=C)CCC[C@]12C. The van der Waals surface area contributed by atoms with E-state index >= 15 is 0 Å². The van der Waals surface area contributed by atoms with E-state index in [1.54, 1.807) is 0 Å². The predicted molar refractivity (Wildman–Crippen MR) is 106 cm³/mol. The van der Waals surface area contributed by atoms with E-state index in [4.69, 9.17) is 4.74 Å². The Kier molecular flexibility index (Phi) is 5.91. The van der Waals surface area contributed by atoms with Crippen LogP contribution in [0.15, 0.2) is 47.6 Å². The van der Waals surface area contributed by atoms with Gasteiger partial charge in [-0.05, 0) is 62.5 Å². The molecular weight excluding hydrogens is 324 g/mol. The number of fused-ring (bicyclic) bond motifs is 1. The van der Waals surface area contributed by atoms with Gasteiger partial charge in [0, 0.05) is 11.8 Å². The third-order valence-electron chi connectivity index (χ3n) is 6.67. The van der Waals surface area contributed by atoms with Crippen LogP contribution in [-0.2, 0) is 4.74 Å². The van der Waals surface area contributed by atoms with Gasteiger partial charge < -0.3 is 14.9 Å².